The summed E-state index contributed by atoms with van der Waals surface area (Å²) in [5.74, 6) is -0.758. The molecule has 0 spiro atoms. The second-order valence-corrected chi connectivity index (χ2v) is 2.16. The van der Waals surface area contributed by atoms with E-state index in [1.165, 1.54) is 5.38 Å². The minimum absolute atomic E-state index is 0.0115. The molecule has 2 amide bonds. The normalized spacial score (nSPS) is 9.09. The van der Waals surface area contributed by atoms with Crippen molar-refractivity contribution in [1.82, 2.24) is 14.9 Å². The highest BCUT2D eigenvalue weighted by molar-refractivity contribution is 7.03. The van der Waals surface area contributed by atoms with E-state index < -0.39 is 12.0 Å². The van der Waals surface area contributed by atoms with Crippen molar-refractivity contribution >= 4 is 23.5 Å². The fourth-order valence-electron chi connectivity index (χ4n) is 0.425. The predicted molar refractivity (Wildman–Crippen MR) is 35.4 cm³/mol. The van der Waals surface area contributed by atoms with E-state index in [4.69, 9.17) is 5.11 Å². The zero-order valence-corrected chi connectivity index (χ0v) is 5.96. The fraction of sp³-hybridized carbons (Fsp3) is 0. The molecule has 0 fully saturated rings. The molecule has 58 valence electrons. The van der Waals surface area contributed by atoms with Crippen LogP contribution in [0.1, 0.15) is 10.5 Å². The van der Waals surface area contributed by atoms with Gasteiger partial charge in [-0.1, -0.05) is 4.49 Å². The van der Waals surface area contributed by atoms with Crippen LogP contribution >= 0.6 is 11.5 Å². The summed E-state index contributed by atoms with van der Waals surface area (Å²) in [5.41, 5.74) is 0.0115. The van der Waals surface area contributed by atoms with Crippen LogP contribution in [0.4, 0.5) is 4.79 Å². The number of imide groups is 1. The molecule has 0 atom stereocenters. The molecule has 0 aliphatic heterocycles. The third kappa shape index (κ3) is 1.97. The van der Waals surface area contributed by atoms with E-state index in [-0.39, 0.29) is 5.69 Å². The number of nitrogens with one attached hydrogen (secondary N) is 1. The lowest BCUT2D eigenvalue weighted by Crippen LogP contribution is -2.28. The number of hydrogen-bond acceptors (Lipinski definition) is 5. The monoisotopic (exact) mass is 173 g/mol. The van der Waals surface area contributed by atoms with Gasteiger partial charge >= 0.3 is 6.09 Å². The van der Waals surface area contributed by atoms with Gasteiger partial charge in [0.1, 0.15) is 0 Å². The summed E-state index contributed by atoms with van der Waals surface area (Å²) in [4.78, 5) is 20.7. The number of carboxylic acid groups (broad SMARTS) is 1. The molecule has 0 radical (unpaired) electrons. The van der Waals surface area contributed by atoms with Crippen molar-refractivity contribution in [3.05, 3.63) is 11.1 Å². The number of rotatable bonds is 1. The maximum atomic E-state index is 10.7. The molecule has 1 aromatic heterocycles. The second kappa shape index (κ2) is 3.06. The SMILES string of the molecule is O=C(O)NC(=O)c1csnn1. The number of carbonyl (C=O) groups excluding carboxylic acids is 1. The Kier molecular flexibility index (Phi) is 2.12. The largest absolute Gasteiger partial charge is 0.465 e. The molecule has 0 saturated heterocycles. The lowest BCUT2D eigenvalue weighted by molar-refractivity contribution is 0.0943. The number of carbonyl (C=O) groups is 2. The van der Waals surface area contributed by atoms with Crippen molar-refractivity contribution in [2.45, 2.75) is 0 Å². The Morgan fingerprint density at radius 2 is 2.36 bits per heavy atom. The van der Waals surface area contributed by atoms with E-state index in [0.29, 0.717) is 0 Å². The zero-order chi connectivity index (χ0) is 8.27. The van der Waals surface area contributed by atoms with E-state index >= 15 is 0 Å². The highest BCUT2D eigenvalue weighted by atomic mass is 32.1. The van der Waals surface area contributed by atoms with E-state index in [0.717, 1.165) is 11.5 Å². The Labute approximate surface area is 65.0 Å². The van der Waals surface area contributed by atoms with Crippen LogP contribution in [0.2, 0.25) is 0 Å². The summed E-state index contributed by atoms with van der Waals surface area (Å²) in [6.45, 7) is 0. The summed E-state index contributed by atoms with van der Waals surface area (Å²) < 4.78 is 3.39. The molecule has 1 rings (SSSR count). The van der Waals surface area contributed by atoms with E-state index in [1.807, 2.05) is 0 Å². The molecule has 0 unspecified atom stereocenters. The molecular weight excluding hydrogens is 170 g/mol. The molecule has 0 aromatic carbocycles. The smallest absolute Gasteiger partial charge is 0.411 e. The Balaban J connectivity index is 2.64. The van der Waals surface area contributed by atoms with Crippen LogP contribution in [0.25, 0.3) is 0 Å². The van der Waals surface area contributed by atoms with Crippen LogP contribution in [-0.4, -0.2) is 26.7 Å². The number of amides is 2. The summed E-state index contributed by atoms with van der Waals surface area (Å²) in [6, 6.07) is 0. The van der Waals surface area contributed by atoms with Gasteiger partial charge in [-0.05, 0) is 11.5 Å². The van der Waals surface area contributed by atoms with Crippen molar-refractivity contribution in [2.75, 3.05) is 0 Å². The Hall–Kier alpha value is -1.50. The molecule has 1 heterocycles. The van der Waals surface area contributed by atoms with Gasteiger partial charge in [0.25, 0.3) is 5.91 Å². The summed E-state index contributed by atoms with van der Waals surface area (Å²) >= 11 is 0.980. The second-order valence-electron chi connectivity index (χ2n) is 1.55. The third-order valence-electron chi connectivity index (χ3n) is 0.813. The van der Waals surface area contributed by atoms with Gasteiger partial charge in [-0.2, -0.15) is 0 Å². The molecule has 1 aromatic rings. The maximum absolute atomic E-state index is 10.7. The molecule has 7 heteroatoms. The van der Waals surface area contributed by atoms with Crippen LogP contribution in [0.3, 0.4) is 0 Å². The fourth-order valence-corrected chi connectivity index (χ4v) is 0.861. The molecule has 0 aliphatic carbocycles. The minimum Gasteiger partial charge on any atom is -0.465 e. The van der Waals surface area contributed by atoms with Crippen LogP contribution in [-0.2, 0) is 0 Å². The summed E-state index contributed by atoms with van der Waals surface area (Å²) in [5, 5.41) is 14.5. The quantitative estimate of drug-likeness (QED) is 0.620. The van der Waals surface area contributed by atoms with Crippen LogP contribution in [0, 0.1) is 0 Å². The Morgan fingerprint density at radius 1 is 1.64 bits per heavy atom. The minimum atomic E-state index is -1.40. The van der Waals surface area contributed by atoms with Gasteiger partial charge in [0.15, 0.2) is 5.69 Å². The standard InChI is InChI=1S/C4H3N3O3S/c8-3(5-4(9)10)2-1-11-7-6-2/h1H,(H,5,8)(H,9,10). The van der Waals surface area contributed by atoms with Crippen molar-refractivity contribution < 1.29 is 14.7 Å². The zero-order valence-electron chi connectivity index (χ0n) is 5.14. The van der Waals surface area contributed by atoms with E-state index in [2.05, 4.69) is 9.59 Å². The predicted octanol–water partition coefficient (Wildman–Crippen LogP) is -0.0541. The Bertz CT molecular complexity index is 270. The lowest BCUT2D eigenvalue weighted by atomic mass is 10.5. The first-order valence-corrected chi connectivity index (χ1v) is 3.35. The molecule has 11 heavy (non-hydrogen) atoms. The number of hydrogen-bond donors (Lipinski definition) is 2. The molecule has 0 aliphatic rings. The highest BCUT2D eigenvalue weighted by Crippen LogP contribution is 1.95. The Morgan fingerprint density at radius 3 is 2.82 bits per heavy atom. The van der Waals surface area contributed by atoms with E-state index in [9.17, 15) is 9.59 Å². The maximum Gasteiger partial charge on any atom is 0.411 e. The topological polar surface area (TPSA) is 92.2 Å². The number of nitrogens with zero attached hydrogens (tertiary/aromatic N) is 2. The van der Waals surface area contributed by atoms with Gasteiger partial charge in [-0.15, -0.1) is 5.10 Å². The molecule has 0 bridgehead atoms. The van der Waals surface area contributed by atoms with Crippen molar-refractivity contribution in [2.24, 2.45) is 0 Å². The van der Waals surface area contributed by atoms with Crippen LogP contribution < -0.4 is 5.32 Å². The average Bonchev–Trinajstić information content (AvgIpc) is 2.35. The van der Waals surface area contributed by atoms with Gasteiger partial charge in [0.2, 0.25) is 0 Å². The molecule has 0 saturated carbocycles. The highest BCUT2D eigenvalue weighted by Gasteiger charge is 2.10. The van der Waals surface area contributed by atoms with E-state index in [1.54, 1.807) is 5.32 Å². The first-order valence-electron chi connectivity index (χ1n) is 2.51. The van der Waals surface area contributed by atoms with Gasteiger partial charge in [0.05, 0.1) is 0 Å². The first kappa shape index (κ1) is 7.61. The van der Waals surface area contributed by atoms with Crippen molar-refractivity contribution in [3.8, 4) is 0 Å². The molecule has 6 nitrogen and oxygen atoms in total. The first-order chi connectivity index (χ1) is 5.20. The van der Waals surface area contributed by atoms with Crippen LogP contribution in [0.5, 0.6) is 0 Å². The van der Waals surface area contributed by atoms with Crippen LogP contribution in [0.15, 0.2) is 5.38 Å². The summed E-state index contributed by atoms with van der Waals surface area (Å²) in [6.07, 6.45) is -1.40. The summed E-state index contributed by atoms with van der Waals surface area (Å²) in [7, 11) is 0. The van der Waals surface area contributed by atoms with Gasteiger partial charge in [-0.3, -0.25) is 10.1 Å². The van der Waals surface area contributed by atoms with Crippen molar-refractivity contribution in [3.63, 3.8) is 0 Å². The average molecular weight is 173 g/mol. The van der Waals surface area contributed by atoms with Gasteiger partial charge < -0.3 is 5.11 Å². The molecular formula is C4H3N3O3S. The third-order valence-corrected chi connectivity index (χ3v) is 1.32. The van der Waals surface area contributed by atoms with Gasteiger partial charge in [-0.25, -0.2) is 4.79 Å². The van der Waals surface area contributed by atoms with Gasteiger partial charge in [0, 0.05) is 5.38 Å². The number of aromatic nitrogens is 2. The van der Waals surface area contributed by atoms with Crippen molar-refractivity contribution in [1.29, 1.82) is 0 Å². The molecule has 2 N–H and O–H groups in total. The lowest BCUT2D eigenvalue weighted by Gasteiger charge is -1.91.